The summed E-state index contributed by atoms with van der Waals surface area (Å²) >= 11 is 5.87. The van der Waals surface area contributed by atoms with E-state index in [-0.39, 0.29) is 20.9 Å². The Hall–Kier alpha value is -2.00. The van der Waals surface area contributed by atoms with Crippen molar-refractivity contribution in [2.45, 2.75) is 34.8 Å². The Morgan fingerprint density at radius 2 is 1.86 bits per heavy atom. The maximum Gasteiger partial charge on any atom is 0.292 e. The molecular formula is C20H19ClN2O5S. The third-order valence-corrected chi connectivity index (χ3v) is 7.45. The molecule has 3 aliphatic rings. The first-order valence-electron chi connectivity index (χ1n) is 9.53. The predicted octanol–water partition coefficient (Wildman–Crippen LogP) is 2.91. The molecule has 2 aliphatic heterocycles. The molecule has 3 heterocycles. The standard InChI is InChI=1S/C20H19ClN2O5S/c21-18-11-15(6-7-22-18)29(25,26)14-4-5-17-16(10-14)20(27-8-1-9-28-20)19(24)23(17)12-13-2-3-13/h4-7,10-11,13H,1-3,8-9,12H2. The molecule has 7 nitrogen and oxygen atoms in total. The second-order valence-electron chi connectivity index (χ2n) is 7.52. The minimum absolute atomic E-state index is 0.0381. The average molecular weight is 435 g/mol. The van der Waals surface area contributed by atoms with Gasteiger partial charge in [0.05, 0.1) is 28.7 Å². The van der Waals surface area contributed by atoms with Crippen LogP contribution in [0.4, 0.5) is 5.69 Å². The third kappa shape index (κ3) is 3.06. The average Bonchev–Trinajstić information content (AvgIpc) is 3.52. The molecule has 0 radical (unpaired) electrons. The van der Waals surface area contributed by atoms with E-state index in [0.717, 1.165) is 12.8 Å². The number of halogens is 1. The van der Waals surface area contributed by atoms with E-state index in [4.69, 9.17) is 21.1 Å². The van der Waals surface area contributed by atoms with Gasteiger partial charge in [-0.3, -0.25) is 4.79 Å². The van der Waals surface area contributed by atoms with Crippen molar-refractivity contribution in [1.82, 2.24) is 4.98 Å². The lowest BCUT2D eigenvalue weighted by Gasteiger charge is -2.32. The van der Waals surface area contributed by atoms with Gasteiger partial charge >= 0.3 is 0 Å². The summed E-state index contributed by atoms with van der Waals surface area (Å²) in [4.78, 5) is 18.9. The number of amides is 1. The summed E-state index contributed by atoms with van der Waals surface area (Å²) in [7, 11) is -3.85. The Balaban J connectivity index is 1.63. The van der Waals surface area contributed by atoms with E-state index in [9.17, 15) is 13.2 Å². The van der Waals surface area contributed by atoms with Gasteiger partial charge in [0.1, 0.15) is 5.15 Å². The van der Waals surface area contributed by atoms with Crippen LogP contribution in [0.1, 0.15) is 24.8 Å². The number of anilines is 1. The van der Waals surface area contributed by atoms with Crippen LogP contribution in [0, 0.1) is 5.92 Å². The molecule has 1 spiro atoms. The van der Waals surface area contributed by atoms with Crippen molar-refractivity contribution < 1.29 is 22.7 Å². The lowest BCUT2D eigenvalue weighted by atomic mass is 10.1. The van der Waals surface area contributed by atoms with E-state index in [1.165, 1.54) is 30.5 Å². The Morgan fingerprint density at radius 1 is 1.14 bits per heavy atom. The van der Waals surface area contributed by atoms with Gasteiger partial charge in [-0.15, -0.1) is 0 Å². The van der Waals surface area contributed by atoms with Crippen molar-refractivity contribution in [3.63, 3.8) is 0 Å². The first kappa shape index (κ1) is 19.0. The number of carbonyl (C=O) groups is 1. The highest BCUT2D eigenvalue weighted by molar-refractivity contribution is 7.91. The van der Waals surface area contributed by atoms with Crippen LogP contribution < -0.4 is 4.90 Å². The summed E-state index contributed by atoms with van der Waals surface area (Å²) in [6.07, 6.45) is 4.20. The number of fused-ring (bicyclic) bond motifs is 2. The van der Waals surface area contributed by atoms with E-state index in [1.54, 1.807) is 11.0 Å². The first-order chi connectivity index (χ1) is 13.9. The summed E-state index contributed by atoms with van der Waals surface area (Å²) in [5, 5.41) is 0.0911. The van der Waals surface area contributed by atoms with Gasteiger partial charge in [0.15, 0.2) is 0 Å². The van der Waals surface area contributed by atoms with Crippen molar-refractivity contribution >= 4 is 33.0 Å². The largest absolute Gasteiger partial charge is 0.338 e. The highest BCUT2D eigenvalue weighted by Crippen LogP contribution is 2.47. The minimum atomic E-state index is -3.85. The molecule has 0 unspecified atom stereocenters. The summed E-state index contributed by atoms with van der Waals surface area (Å²) in [5.74, 6) is -1.38. The van der Waals surface area contributed by atoms with Gasteiger partial charge in [-0.05, 0) is 55.5 Å². The number of aromatic nitrogens is 1. The molecule has 2 aromatic rings. The van der Waals surface area contributed by atoms with Crippen LogP contribution in [0.25, 0.3) is 0 Å². The van der Waals surface area contributed by atoms with Gasteiger partial charge in [-0.2, -0.15) is 0 Å². The predicted molar refractivity (Wildman–Crippen MR) is 104 cm³/mol. The number of ether oxygens (including phenoxy) is 2. The summed E-state index contributed by atoms with van der Waals surface area (Å²) < 4.78 is 38.0. The van der Waals surface area contributed by atoms with E-state index < -0.39 is 15.6 Å². The molecule has 1 aromatic carbocycles. The summed E-state index contributed by atoms with van der Waals surface area (Å²) in [5.41, 5.74) is 1.10. The molecule has 2 fully saturated rings. The van der Waals surface area contributed by atoms with E-state index in [1.807, 2.05) is 0 Å². The minimum Gasteiger partial charge on any atom is -0.338 e. The SMILES string of the molecule is O=C1N(CC2CC2)c2ccc(S(=O)(=O)c3ccnc(Cl)c3)cc2C12OCCCO2. The first-order valence-corrected chi connectivity index (χ1v) is 11.4. The van der Waals surface area contributed by atoms with Crippen LogP contribution in [-0.4, -0.2) is 39.1 Å². The molecule has 0 N–H and O–H groups in total. The van der Waals surface area contributed by atoms with Crippen LogP contribution in [0.2, 0.25) is 5.15 Å². The fourth-order valence-electron chi connectivity index (χ4n) is 3.82. The number of rotatable bonds is 4. The molecule has 152 valence electrons. The summed E-state index contributed by atoms with van der Waals surface area (Å²) in [6, 6.07) is 7.37. The van der Waals surface area contributed by atoms with Crippen LogP contribution in [0.3, 0.4) is 0 Å². The molecular weight excluding hydrogens is 416 g/mol. The molecule has 1 saturated heterocycles. The zero-order chi connectivity index (χ0) is 20.2. The molecule has 0 bridgehead atoms. The molecule has 29 heavy (non-hydrogen) atoms. The maximum absolute atomic E-state index is 13.3. The van der Waals surface area contributed by atoms with Crippen molar-refractivity contribution in [3.8, 4) is 0 Å². The van der Waals surface area contributed by atoms with E-state index in [0.29, 0.717) is 43.3 Å². The van der Waals surface area contributed by atoms with Crippen LogP contribution in [0.15, 0.2) is 46.3 Å². The highest BCUT2D eigenvalue weighted by Gasteiger charge is 2.55. The zero-order valence-electron chi connectivity index (χ0n) is 15.5. The van der Waals surface area contributed by atoms with E-state index >= 15 is 0 Å². The second kappa shape index (κ2) is 6.77. The van der Waals surface area contributed by atoms with Gasteiger partial charge in [0.2, 0.25) is 9.84 Å². The maximum atomic E-state index is 13.3. The molecule has 1 amide bonds. The fourth-order valence-corrected chi connectivity index (χ4v) is 5.36. The molecule has 0 atom stereocenters. The number of pyridine rings is 1. The Morgan fingerprint density at radius 3 is 2.55 bits per heavy atom. The van der Waals surface area contributed by atoms with Gasteiger partial charge in [0, 0.05) is 18.3 Å². The van der Waals surface area contributed by atoms with Gasteiger partial charge in [-0.25, -0.2) is 13.4 Å². The van der Waals surface area contributed by atoms with Crippen LogP contribution in [0.5, 0.6) is 0 Å². The number of hydrogen-bond donors (Lipinski definition) is 0. The number of sulfone groups is 1. The Kier molecular flexibility index (Phi) is 4.43. The molecule has 1 aromatic heterocycles. The molecule has 1 saturated carbocycles. The second-order valence-corrected chi connectivity index (χ2v) is 9.86. The Bertz CT molecular complexity index is 1090. The smallest absolute Gasteiger partial charge is 0.292 e. The summed E-state index contributed by atoms with van der Waals surface area (Å²) in [6.45, 7) is 1.34. The fraction of sp³-hybridized carbons (Fsp3) is 0.400. The van der Waals surface area contributed by atoms with Crippen molar-refractivity contribution in [2.24, 2.45) is 5.92 Å². The number of carbonyl (C=O) groups excluding carboxylic acids is 1. The monoisotopic (exact) mass is 434 g/mol. The van der Waals surface area contributed by atoms with Crippen LogP contribution >= 0.6 is 11.6 Å². The third-order valence-electron chi connectivity index (χ3n) is 5.50. The van der Waals surface area contributed by atoms with Crippen molar-refractivity contribution in [3.05, 3.63) is 47.2 Å². The quantitative estimate of drug-likeness (QED) is 0.688. The van der Waals surface area contributed by atoms with Crippen LogP contribution in [-0.2, 0) is 29.9 Å². The van der Waals surface area contributed by atoms with Gasteiger partial charge in [-0.1, -0.05) is 11.6 Å². The van der Waals surface area contributed by atoms with Gasteiger partial charge < -0.3 is 14.4 Å². The lowest BCUT2D eigenvalue weighted by Crippen LogP contribution is -2.47. The topological polar surface area (TPSA) is 85.8 Å². The number of benzene rings is 1. The number of hydrogen-bond acceptors (Lipinski definition) is 6. The number of nitrogens with zero attached hydrogens (tertiary/aromatic N) is 2. The van der Waals surface area contributed by atoms with Crippen molar-refractivity contribution in [2.75, 3.05) is 24.7 Å². The lowest BCUT2D eigenvalue weighted by molar-refractivity contribution is -0.256. The van der Waals surface area contributed by atoms with E-state index in [2.05, 4.69) is 4.98 Å². The normalized spacial score (nSPS) is 20.9. The molecule has 1 aliphatic carbocycles. The highest BCUT2D eigenvalue weighted by atomic mass is 35.5. The Labute approximate surface area is 173 Å². The zero-order valence-corrected chi connectivity index (χ0v) is 17.1. The molecule has 5 rings (SSSR count). The van der Waals surface area contributed by atoms with Crippen molar-refractivity contribution in [1.29, 1.82) is 0 Å². The molecule has 9 heteroatoms. The van der Waals surface area contributed by atoms with Gasteiger partial charge in [0.25, 0.3) is 11.7 Å².